The van der Waals surface area contributed by atoms with Crippen LogP contribution in [-0.2, 0) is 11.3 Å². The van der Waals surface area contributed by atoms with Gasteiger partial charge in [0.15, 0.2) is 5.65 Å². The number of nitrogens with two attached hydrogens (primary N) is 2. The number of methoxy groups -OCH3 is 1. The van der Waals surface area contributed by atoms with E-state index in [0.717, 1.165) is 0 Å². The van der Waals surface area contributed by atoms with E-state index in [1.54, 1.807) is 16.7 Å². The van der Waals surface area contributed by atoms with Crippen LogP contribution in [-0.4, -0.2) is 34.3 Å². The van der Waals surface area contributed by atoms with Gasteiger partial charge in [-0.15, -0.1) is 0 Å². The number of ether oxygens (including phenoxy) is 2. The highest BCUT2D eigenvalue weighted by Crippen LogP contribution is 2.18. The van der Waals surface area contributed by atoms with Crippen LogP contribution in [0.1, 0.15) is 0 Å². The number of pyridine rings is 1. The normalized spacial score (nSPS) is 10.5. The summed E-state index contributed by atoms with van der Waals surface area (Å²) in [6.45, 7) is 0.426. The van der Waals surface area contributed by atoms with Gasteiger partial charge < -0.3 is 20.9 Å². The highest BCUT2D eigenvalue weighted by atomic mass is 16.5. The lowest BCUT2D eigenvalue weighted by molar-refractivity contribution is 0.153. The van der Waals surface area contributed by atoms with Crippen LogP contribution < -0.4 is 16.2 Å². The molecule has 2 aromatic heterocycles. The van der Waals surface area contributed by atoms with E-state index in [4.69, 9.17) is 16.2 Å². The predicted molar refractivity (Wildman–Crippen MR) is 64.0 cm³/mol. The van der Waals surface area contributed by atoms with Crippen LogP contribution in [0.15, 0.2) is 12.1 Å². The maximum absolute atomic E-state index is 10.5. The molecule has 0 spiro atoms. The van der Waals surface area contributed by atoms with Gasteiger partial charge in [-0.05, 0) is 6.07 Å². The van der Waals surface area contributed by atoms with Gasteiger partial charge in [0.2, 0.25) is 11.8 Å². The van der Waals surface area contributed by atoms with Gasteiger partial charge in [0.05, 0.1) is 13.7 Å². The number of nitrogen functional groups attached to an aromatic ring is 1. The number of carbonyl (C=O) groups is 1. The minimum Gasteiger partial charge on any atom is -0.481 e. The van der Waals surface area contributed by atoms with E-state index in [1.165, 1.54) is 7.11 Å². The van der Waals surface area contributed by atoms with Crippen LogP contribution in [0.25, 0.3) is 11.2 Å². The van der Waals surface area contributed by atoms with Gasteiger partial charge in [-0.3, -0.25) is 4.57 Å². The number of carbonyl (C=O) groups excluding carboxylic acids is 1. The smallest absolute Gasteiger partial charge is 0.404 e. The van der Waals surface area contributed by atoms with Crippen LogP contribution in [0.4, 0.5) is 10.7 Å². The molecule has 18 heavy (non-hydrogen) atoms. The fourth-order valence-corrected chi connectivity index (χ4v) is 1.57. The van der Waals surface area contributed by atoms with Crippen LogP contribution in [0, 0.1) is 0 Å². The van der Waals surface area contributed by atoms with Crippen molar-refractivity contribution in [1.29, 1.82) is 0 Å². The second-order valence-electron chi connectivity index (χ2n) is 3.49. The third kappa shape index (κ3) is 2.26. The summed E-state index contributed by atoms with van der Waals surface area (Å²) in [7, 11) is 1.52. The van der Waals surface area contributed by atoms with Crippen molar-refractivity contribution in [2.75, 3.05) is 19.5 Å². The van der Waals surface area contributed by atoms with Gasteiger partial charge in [0.25, 0.3) is 0 Å². The van der Waals surface area contributed by atoms with Gasteiger partial charge in [0, 0.05) is 6.07 Å². The van der Waals surface area contributed by atoms with Crippen LogP contribution >= 0.6 is 0 Å². The van der Waals surface area contributed by atoms with Crippen molar-refractivity contribution in [3.63, 3.8) is 0 Å². The fourth-order valence-electron chi connectivity index (χ4n) is 1.57. The number of nitrogens with zero attached hydrogens (tertiary/aromatic N) is 3. The number of hydrogen-bond donors (Lipinski definition) is 2. The number of amides is 1. The summed E-state index contributed by atoms with van der Waals surface area (Å²) in [6.07, 6.45) is -0.830. The van der Waals surface area contributed by atoms with E-state index in [9.17, 15) is 4.79 Å². The number of imidazole rings is 1. The Kier molecular flexibility index (Phi) is 3.18. The second kappa shape index (κ2) is 4.78. The number of fused-ring (bicyclic) bond motifs is 1. The van der Waals surface area contributed by atoms with Crippen molar-refractivity contribution in [1.82, 2.24) is 14.5 Å². The highest BCUT2D eigenvalue weighted by molar-refractivity contribution is 5.74. The first-order valence-corrected chi connectivity index (χ1v) is 5.21. The van der Waals surface area contributed by atoms with Crippen molar-refractivity contribution in [3.8, 4) is 5.88 Å². The largest absolute Gasteiger partial charge is 0.481 e. The zero-order chi connectivity index (χ0) is 13.1. The van der Waals surface area contributed by atoms with Crippen LogP contribution in [0.2, 0.25) is 0 Å². The van der Waals surface area contributed by atoms with Crippen molar-refractivity contribution in [3.05, 3.63) is 12.1 Å². The van der Waals surface area contributed by atoms with Crippen LogP contribution in [0.3, 0.4) is 0 Å². The van der Waals surface area contributed by atoms with E-state index < -0.39 is 6.09 Å². The number of hydrogen-bond acceptors (Lipinski definition) is 6. The molecular weight excluding hydrogens is 238 g/mol. The van der Waals surface area contributed by atoms with E-state index in [0.29, 0.717) is 29.5 Å². The molecule has 2 aromatic rings. The summed E-state index contributed by atoms with van der Waals surface area (Å²) in [5.41, 5.74) is 11.9. The predicted octanol–water partition coefficient (Wildman–Crippen LogP) is 0.117. The maximum Gasteiger partial charge on any atom is 0.404 e. The summed E-state index contributed by atoms with van der Waals surface area (Å²) in [5, 5.41) is 0. The molecule has 0 bridgehead atoms. The summed E-state index contributed by atoms with van der Waals surface area (Å²) >= 11 is 0. The first-order valence-electron chi connectivity index (χ1n) is 5.21. The fraction of sp³-hybridized carbons (Fsp3) is 0.300. The Labute approximate surface area is 102 Å². The molecule has 2 heterocycles. The maximum atomic E-state index is 10.5. The summed E-state index contributed by atoms with van der Waals surface area (Å²) in [4.78, 5) is 18.9. The van der Waals surface area contributed by atoms with Gasteiger partial charge in [0.1, 0.15) is 12.1 Å². The lowest BCUT2D eigenvalue weighted by atomic mass is 10.4. The molecule has 1 amide bonds. The molecule has 0 saturated carbocycles. The molecule has 0 atom stereocenters. The molecule has 4 N–H and O–H groups in total. The second-order valence-corrected chi connectivity index (χ2v) is 3.49. The number of primary amides is 1. The number of aromatic nitrogens is 3. The lowest BCUT2D eigenvalue weighted by Crippen LogP contribution is -2.17. The molecule has 0 saturated heterocycles. The minimum atomic E-state index is -0.830. The molecule has 2 rings (SSSR count). The van der Waals surface area contributed by atoms with Gasteiger partial charge in [-0.25, -0.2) is 9.78 Å². The Balaban J connectivity index is 2.29. The monoisotopic (exact) mass is 251 g/mol. The third-order valence-corrected chi connectivity index (χ3v) is 2.36. The molecular formula is C10H13N5O3. The zero-order valence-corrected chi connectivity index (χ0v) is 9.79. The first kappa shape index (κ1) is 12.0. The van der Waals surface area contributed by atoms with Gasteiger partial charge >= 0.3 is 6.09 Å². The molecule has 0 aromatic carbocycles. The standard InChI is InChI=1S/C10H13N5O3/c1-17-7-3-2-6-8(14-7)15(9(11)13-6)4-5-18-10(12)16/h2-3H,4-5H2,1H3,(H2,11,13)(H2,12,16). The highest BCUT2D eigenvalue weighted by Gasteiger charge is 2.10. The SMILES string of the molecule is COc1ccc2nc(N)n(CCOC(N)=O)c2n1. The minimum absolute atomic E-state index is 0.101. The number of anilines is 1. The summed E-state index contributed by atoms with van der Waals surface area (Å²) in [6, 6.07) is 3.45. The van der Waals surface area contributed by atoms with Crippen molar-refractivity contribution in [2.24, 2.45) is 5.73 Å². The lowest BCUT2D eigenvalue weighted by Gasteiger charge is -2.06. The first-order chi connectivity index (χ1) is 8.61. The van der Waals surface area contributed by atoms with Crippen molar-refractivity contribution >= 4 is 23.2 Å². The zero-order valence-electron chi connectivity index (χ0n) is 9.79. The molecule has 8 nitrogen and oxygen atoms in total. The van der Waals surface area contributed by atoms with Crippen LogP contribution in [0.5, 0.6) is 5.88 Å². The number of rotatable bonds is 4. The molecule has 0 radical (unpaired) electrons. The molecule has 8 heteroatoms. The van der Waals surface area contributed by atoms with E-state index in [2.05, 4.69) is 14.7 Å². The average Bonchev–Trinajstić information content (AvgIpc) is 2.64. The van der Waals surface area contributed by atoms with E-state index >= 15 is 0 Å². The Morgan fingerprint density at radius 1 is 1.44 bits per heavy atom. The van der Waals surface area contributed by atoms with E-state index in [-0.39, 0.29) is 6.61 Å². The Morgan fingerprint density at radius 3 is 2.89 bits per heavy atom. The topological polar surface area (TPSA) is 118 Å². The van der Waals surface area contributed by atoms with Crippen molar-refractivity contribution in [2.45, 2.75) is 6.54 Å². The summed E-state index contributed by atoms with van der Waals surface area (Å²) < 4.78 is 11.3. The Bertz CT molecular complexity index is 580. The average molecular weight is 251 g/mol. The quantitative estimate of drug-likeness (QED) is 0.796. The molecule has 96 valence electrons. The van der Waals surface area contributed by atoms with E-state index in [1.807, 2.05) is 0 Å². The summed E-state index contributed by atoms with van der Waals surface area (Å²) in [5.74, 6) is 0.748. The third-order valence-electron chi connectivity index (χ3n) is 2.36. The Morgan fingerprint density at radius 2 is 2.22 bits per heavy atom. The molecule has 0 aliphatic heterocycles. The molecule has 0 aliphatic carbocycles. The van der Waals surface area contributed by atoms with Crippen molar-refractivity contribution < 1.29 is 14.3 Å². The molecule has 0 aliphatic rings. The Hall–Kier alpha value is -2.51. The molecule has 0 fully saturated rings. The molecule has 0 unspecified atom stereocenters. The van der Waals surface area contributed by atoms with Gasteiger partial charge in [-0.2, -0.15) is 4.98 Å². The van der Waals surface area contributed by atoms with Gasteiger partial charge in [-0.1, -0.05) is 0 Å².